The van der Waals surface area contributed by atoms with Crippen LogP contribution in [0.1, 0.15) is 303 Å². The summed E-state index contributed by atoms with van der Waals surface area (Å²) in [6.45, 7) is 25.6. The van der Waals surface area contributed by atoms with Crippen molar-refractivity contribution in [3.8, 4) is 0 Å². The molecule has 4 saturated carbocycles. The molecule has 2 aliphatic heterocycles. The first kappa shape index (κ1) is 106. The van der Waals surface area contributed by atoms with Crippen LogP contribution in [0.2, 0.25) is 0 Å². The Morgan fingerprint density at radius 3 is 1.07 bits per heavy atom. The van der Waals surface area contributed by atoms with Crippen molar-refractivity contribution >= 4 is 164 Å². The van der Waals surface area contributed by atoms with E-state index in [2.05, 4.69) is 237 Å². The molecular weight excluding hydrogens is 1960 g/mol. The maximum Gasteiger partial charge on any atom is 0.138 e. The number of fused-ring (bicyclic) bond motifs is 18. The van der Waals surface area contributed by atoms with E-state index >= 15 is 0 Å². The van der Waals surface area contributed by atoms with Gasteiger partial charge in [0.2, 0.25) is 0 Å². The van der Waals surface area contributed by atoms with Gasteiger partial charge in [-0.05, 0) is 337 Å². The molecule has 2 saturated heterocycles. The van der Waals surface area contributed by atoms with Crippen molar-refractivity contribution in [3.63, 3.8) is 0 Å². The predicted octanol–water partition coefficient (Wildman–Crippen LogP) is 25.6. The number of benzene rings is 2. The number of nitrogens with two attached hydrogens (primary N) is 1. The number of piperidine rings is 2. The second-order valence-corrected chi connectivity index (χ2v) is 54.2. The minimum absolute atomic E-state index is 0.113. The number of hydrogen-bond acceptors (Lipinski definition) is 30. The number of anilines is 6. The summed E-state index contributed by atoms with van der Waals surface area (Å²) >= 11 is 11.2. The van der Waals surface area contributed by atoms with Crippen LogP contribution in [0.25, 0.3) is 61.3 Å². The van der Waals surface area contributed by atoms with Gasteiger partial charge in [0.25, 0.3) is 0 Å². The van der Waals surface area contributed by atoms with Crippen molar-refractivity contribution in [1.29, 1.82) is 0 Å². The molecule has 12 aromatic heterocycles. The molecule has 5 unspecified atom stereocenters. The van der Waals surface area contributed by atoms with Gasteiger partial charge < -0.3 is 52.7 Å². The highest BCUT2D eigenvalue weighted by atomic mass is 32.1. The Morgan fingerprint density at radius 1 is 0.342 bits per heavy atom. The molecule has 26 rings (SSSR count). The molecule has 6 atom stereocenters. The number of nitrogens with one attached hydrogen (secondary N) is 6. The van der Waals surface area contributed by atoms with Gasteiger partial charge in [-0.1, -0.05) is 122 Å². The van der Waals surface area contributed by atoms with E-state index < -0.39 is 0 Å². The fourth-order valence-electron chi connectivity index (χ4n) is 25.7. The first-order valence-corrected chi connectivity index (χ1v) is 61.7. The normalized spacial score (nSPS) is 24.9. The Morgan fingerprint density at radius 2 is 0.678 bits per heavy atom. The number of thiophene rings is 6. The maximum atomic E-state index is 9.89. The zero-order chi connectivity index (χ0) is 102. The van der Waals surface area contributed by atoms with Gasteiger partial charge in [-0.2, -0.15) is 0 Å². The lowest BCUT2D eigenvalue weighted by atomic mass is 9.76. The lowest BCUT2D eigenvalue weighted by molar-refractivity contribution is 0.124. The summed E-state index contributed by atoms with van der Waals surface area (Å²) in [5.74, 6) is 9.39. The van der Waals surface area contributed by atoms with Crippen LogP contribution in [-0.2, 0) is 90.1 Å². The summed E-state index contributed by atoms with van der Waals surface area (Å²) in [7, 11) is 4.40. The molecular formula is C119H160N22O2S6. The van der Waals surface area contributed by atoms with Crippen LogP contribution in [-0.4, -0.2) is 186 Å². The highest BCUT2D eigenvalue weighted by molar-refractivity contribution is 7.20. The standard InChI is InChI=1S/C24H30N4S.C23H28N4S.C20H30N4S.C18H26N4S.2C17H23N3OS/c1-2-17-8-9-20-21(14-17)29-24-22(20)23(25-16-26-24)27-19-10-12-28(13-11-19)15-18-6-4-3-5-7-18;1-16-7-8-19-20(13-16)28-23-21(19)22(24-15-25-23)26-18-9-11-27(12-10-18)14-17-5-3-2-4-6-17;1-20(2)10-9-16-15(11-20)17-18(21-12-22-19(17)25-16)23-13-5-7-14(8-6-13)24(3)4;1-18(2)8-7-14-13(9-18)15-16(20-10-21-17(15)23-14)22-12-5-3-11(19)4-6-12;1-10-2-7-14-13(8-10)15-16(18-9-19-17(15)22-14)20-11-3-5-12(21)6-4-11;1-10-5-6-14-13(7-10)15-16(18-9-19-17(15)22-14)20-11-3-2-4-12(21)8-11/h3-7,16-17,19H,2,8-15H2,1H3,(H,25,26,27);2-6,15-16,18H,7-14H2,1H3,(H,24,25,26);12-14H,5-11H2,1-4H3,(H,21,22,23);10-12H,3-9,19H2,1-2H3,(H,20,21,22);2*9-12,21H,2-8H2,1H3,(H,18,19,20)/t;;;;10-,11?,12?;/m....1./s1. The fraction of sp³-hybridized carbons (Fsp3) is 0.597. The predicted molar refractivity (Wildman–Crippen MR) is 623 cm³/mol. The van der Waals surface area contributed by atoms with E-state index in [-0.39, 0.29) is 12.2 Å². The number of likely N-dealkylation sites (tertiary alicyclic amines) is 2. The number of aryl methyl sites for hydroxylation is 6. The molecule has 6 fully saturated rings. The van der Waals surface area contributed by atoms with Crippen molar-refractivity contribution < 1.29 is 10.2 Å². The molecule has 794 valence electrons. The molecule has 2 aromatic carbocycles. The van der Waals surface area contributed by atoms with Gasteiger partial charge in [-0.25, -0.2) is 59.8 Å². The SMILES string of the molecule is CC1(C)CCc2sc3ncnc(NC4CCC(N)CC4)c3c2C1.CC1CCc2c(sc3ncnc(NC4CCN(Cc5ccccc5)CC4)c23)C1.CC1CCc2sc3ncnc(NC4CCCC(O)C4)c3c2C1.CCC1CCc2c(sc3ncnc(NC4CCN(Cc5ccccc5)CC4)c23)C1.CN(C)C1CCC(Nc2ncnc3sc4c(c23)CC(C)(C)CC4)CC1.C[C@@H]1CCc2sc3ncnc(NC4CCC(O)CC4)c3c2C1. The quantitative estimate of drug-likeness (QED) is 0.0386. The van der Waals surface area contributed by atoms with Crippen LogP contribution in [0.4, 0.5) is 34.9 Å². The van der Waals surface area contributed by atoms with Gasteiger partial charge in [-0.3, -0.25) is 9.80 Å². The number of aliphatic hydroxyl groups is 2. The molecule has 0 radical (unpaired) electrons. The molecule has 30 heteroatoms. The van der Waals surface area contributed by atoms with Gasteiger partial charge in [0.15, 0.2) is 0 Å². The average molecular weight is 2120 g/mol. The first-order valence-electron chi connectivity index (χ1n) is 56.8. The highest BCUT2D eigenvalue weighted by Gasteiger charge is 2.38. The van der Waals surface area contributed by atoms with E-state index in [0.29, 0.717) is 53.1 Å². The lowest BCUT2D eigenvalue weighted by Crippen LogP contribution is -2.38. The summed E-state index contributed by atoms with van der Waals surface area (Å²) in [4.78, 5) is 78.6. The van der Waals surface area contributed by atoms with E-state index in [1.165, 1.54) is 259 Å². The van der Waals surface area contributed by atoms with Crippen LogP contribution >= 0.6 is 68.0 Å². The highest BCUT2D eigenvalue weighted by Crippen LogP contribution is 2.50. The number of hydrogen-bond donors (Lipinski definition) is 9. The number of rotatable bonds is 18. The third kappa shape index (κ3) is 25.7. The van der Waals surface area contributed by atoms with Crippen molar-refractivity contribution in [2.75, 3.05) is 72.2 Å². The minimum Gasteiger partial charge on any atom is -0.393 e. The maximum absolute atomic E-state index is 9.89. The molecule has 10 aliphatic carbocycles. The molecule has 10 N–H and O–H groups in total. The van der Waals surface area contributed by atoms with Crippen molar-refractivity contribution in [1.82, 2.24) is 74.5 Å². The van der Waals surface area contributed by atoms with Gasteiger partial charge in [-0.15, -0.1) is 68.0 Å². The monoisotopic (exact) mass is 2120 g/mol. The third-order valence-electron chi connectivity index (χ3n) is 34.8. The van der Waals surface area contributed by atoms with E-state index in [4.69, 9.17) is 5.73 Å². The zero-order valence-electron chi connectivity index (χ0n) is 89.8. The van der Waals surface area contributed by atoms with Gasteiger partial charge >= 0.3 is 0 Å². The Bertz CT molecular complexity index is 6810. The molecule has 149 heavy (non-hydrogen) atoms. The third-order valence-corrected chi connectivity index (χ3v) is 41.9. The second-order valence-electron chi connectivity index (χ2n) is 47.7. The summed E-state index contributed by atoms with van der Waals surface area (Å²) in [6.07, 6.45) is 55.1. The molecule has 0 spiro atoms. The summed E-state index contributed by atoms with van der Waals surface area (Å²) in [5.41, 5.74) is 18.6. The van der Waals surface area contributed by atoms with Gasteiger partial charge in [0, 0.05) is 117 Å². The van der Waals surface area contributed by atoms with E-state index in [9.17, 15) is 10.2 Å². The van der Waals surface area contributed by atoms with E-state index in [0.717, 1.165) is 226 Å². The topological polar surface area (TPSA) is 303 Å². The van der Waals surface area contributed by atoms with Crippen molar-refractivity contribution in [3.05, 3.63) is 172 Å². The van der Waals surface area contributed by atoms with Crippen LogP contribution in [0, 0.1) is 34.5 Å². The summed E-state index contributed by atoms with van der Waals surface area (Å²) in [6, 6.07) is 25.5. The Labute approximate surface area is 906 Å². The van der Waals surface area contributed by atoms with E-state index in [1.54, 1.807) is 42.8 Å². The zero-order valence-corrected chi connectivity index (χ0v) is 94.7. The fourth-order valence-corrected chi connectivity index (χ4v) is 33.1. The largest absolute Gasteiger partial charge is 0.393 e. The van der Waals surface area contributed by atoms with Crippen LogP contribution in [0.3, 0.4) is 0 Å². The Balaban J connectivity index is 0.000000105. The second kappa shape index (κ2) is 48.1. The van der Waals surface area contributed by atoms with Crippen LogP contribution in [0.15, 0.2) is 98.6 Å². The molecule has 12 aliphatic rings. The van der Waals surface area contributed by atoms with Gasteiger partial charge in [0.05, 0.1) is 44.5 Å². The van der Waals surface area contributed by atoms with Crippen LogP contribution in [0.5, 0.6) is 0 Å². The average Bonchev–Trinajstić information content (AvgIpc) is 1.62. The van der Waals surface area contributed by atoms with Gasteiger partial charge in [0.1, 0.15) is 102 Å². The molecule has 24 nitrogen and oxygen atoms in total. The number of aromatic nitrogens is 12. The smallest absolute Gasteiger partial charge is 0.138 e. The van der Waals surface area contributed by atoms with E-state index in [1.807, 2.05) is 68.0 Å². The summed E-state index contributed by atoms with van der Waals surface area (Å²) in [5, 5.41) is 49.6. The van der Waals surface area contributed by atoms with Crippen molar-refractivity contribution in [2.45, 2.75) is 379 Å². The van der Waals surface area contributed by atoms with Crippen LogP contribution < -0.4 is 37.6 Å². The molecule has 14 aromatic rings. The summed E-state index contributed by atoms with van der Waals surface area (Å²) < 4.78 is 0. The van der Waals surface area contributed by atoms with Crippen molar-refractivity contribution in [2.24, 2.45) is 40.2 Å². The Hall–Kier alpha value is -8.76. The Kier molecular flexibility index (Phi) is 34.2. The minimum atomic E-state index is -0.167. The molecule has 14 heterocycles. The molecule has 0 bridgehead atoms. The number of aliphatic hydroxyl groups excluding tert-OH is 2. The lowest BCUT2D eigenvalue weighted by Gasteiger charge is -2.33. The number of nitrogens with zero attached hydrogens (tertiary/aromatic N) is 15. The first-order chi connectivity index (χ1) is 72.4. The molecule has 0 amide bonds.